The van der Waals surface area contributed by atoms with Crippen LogP contribution in [-0.4, -0.2) is 12.2 Å². The Bertz CT molecular complexity index is 579. The molecule has 2 aromatic carbocycles. The first-order valence-corrected chi connectivity index (χ1v) is 6.52. The van der Waals surface area contributed by atoms with Gasteiger partial charge in [0.2, 0.25) is 6.43 Å². The van der Waals surface area contributed by atoms with Gasteiger partial charge in [-0.25, -0.2) is 8.78 Å². The van der Waals surface area contributed by atoms with Crippen molar-refractivity contribution >= 4 is 5.78 Å². The van der Waals surface area contributed by atoms with Crippen LogP contribution in [0.2, 0.25) is 0 Å². The molecule has 0 saturated carbocycles. The molecule has 0 amide bonds. The number of hydrogen-bond acceptors (Lipinski definition) is 1. The number of alkyl halides is 2. The molecule has 3 heteroatoms. The molecule has 0 aliphatic rings. The summed E-state index contributed by atoms with van der Waals surface area (Å²) in [4.78, 5) is 12.5. The van der Waals surface area contributed by atoms with Gasteiger partial charge < -0.3 is 0 Å². The van der Waals surface area contributed by atoms with Crippen LogP contribution in [0.1, 0.15) is 33.8 Å². The first-order chi connectivity index (χ1) is 9.59. The SMILES string of the molecule is Cc1ccccc1C(CC(F)F)C(=O)c1ccccc1. The predicted molar refractivity (Wildman–Crippen MR) is 75.3 cm³/mol. The van der Waals surface area contributed by atoms with E-state index in [4.69, 9.17) is 0 Å². The third kappa shape index (κ3) is 3.29. The predicted octanol–water partition coefficient (Wildman–Crippen LogP) is 4.62. The van der Waals surface area contributed by atoms with Crippen molar-refractivity contribution in [3.05, 3.63) is 71.3 Å². The smallest absolute Gasteiger partial charge is 0.239 e. The monoisotopic (exact) mass is 274 g/mol. The maximum atomic E-state index is 12.8. The van der Waals surface area contributed by atoms with E-state index in [1.165, 1.54) is 0 Å². The topological polar surface area (TPSA) is 17.1 Å². The molecule has 0 saturated heterocycles. The molecule has 0 N–H and O–H groups in total. The Morgan fingerprint density at radius 1 is 1.00 bits per heavy atom. The second-order valence-corrected chi connectivity index (χ2v) is 4.77. The minimum absolute atomic E-state index is 0.250. The molecule has 0 bridgehead atoms. The van der Waals surface area contributed by atoms with Crippen molar-refractivity contribution < 1.29 is 13.6 Å². The molecule has 2 rings (SSSR count). The lowest BCUT2D eigenvalue weighted by atomic mass is 9.86. The minimum atomic E-state index is -2.51. The van der Waals surface area contributed by atoms with E-state index >= 15 is 0 Å². The number of carbonyl (C=O) groups is 1. The maximum absolute atomic E-state index is 12.8. The molecular weight excluding hydrogens is 258 g/mol. The van der Waals surface area contributed by atoms with Crippen molar-refractivity contribution in [2.45, 2.75) is 25.7 Å². The first kappa shape index (κ1) is 14.4. The quantitative estimate of drug-likeness (QED) is 0.727. The van der Waals surface area contributed by atoms with Gasteiger partial charge in [-0.2, -0.15) is 0 Å². The minimum Gasteiger partial charge on any atom is -0.293 e. The third-order valence-electron chi connectivity index (χ3n) is 3.35. The van der Waals surface area contributed by atoms with E-state index in [1.807, 2.05) is 19.1 Å². The van der Waals surface area contributed by atoms with Gasteiger partial charge in [0, 0.05) is 12.0 Å². The summed E-state index contributed by atoms with van der Waals surface area (Å²) in [6.45, 7) is 1.84. The van der Waals surface area contributed by atoms with Gasteiger partial charge >= 0.3 is 0 Å². The van der Waals surface area contributed by atoms with Crippen molar-refractivity contribution in [2.75, 3.05) is 0 Å². The molecule has 2 aromatic rings. The number of benzene rings is 2. The highest BCUT2D eigenvalue weighted by Gasteiger charge is 2.26. The van der Waals surface area contributed by atoms with Crippen molar-refractivity contribution in [3.8, 4) is 0 Å². The lowest BCUT2D eigenvalue weighted by molar-refractivity contribution is 0.0860. The summed E-state index contributed by atoms with van der Waals surface area (Å²) in [6.07, 6.45) is -2.95. The molecule has 1 unspecified atom stereocenters. The van der Waals surface area contributed by atoms with Crippen molar-refractivity contribution in [1.29, 1.82) is 0 Å². The Hall–Kier alpha value is -2.03. The molecular formula is C17H16F2O. The van der Waals surface area contributed by atoms with Gasteiger partial charge in [0.1, 0.15) is 0 Å². The Morgan fingerprint density at radius 3 is 2.20 bits per heavy atom. The van der Waals surface area contributed by atoms with Gasteiger partial charge in [0.25, 0.3) is 0 Å². The summed E-state index contributed by atoms with van der Waals surface area (Å²) >= 11 is 0. The molecule has 0 radical (unpaired) electrons. The lowest BCUT2D eigenvalue weighted by Crippen LogP contribution is -2.17. The zero-order valence-electron chi connectivity index (χ0n) is 11.2. The maximum Gasteiger partial charge on any atom is 0.239 e. The Morgan fingerprint density at radius 2 is 1.60 bits per heavy atom. The van der Waals surface area contributed by atoms with Crippen LogP contribution in [0.5, 0.6) is 0 Å². The molecule has 1 atom stereocenters. The number of Topliss-reactive ketones (excluding diaryl/α,β-unsaturated/α-hetero) is 1. The Kier molecular flexibility index (Phi) is 4.61. The molecule has 0 heterocycles. The normalized spacial score (nSPS) is 12.4. The van der Waals surface area contributed by atoms with Crippen LogP contribution in [0.25, 0.3) is 0 Å². The average molecular weight is 274 g/mol. The molecule has 0 aliphatic heterocycles. The van der Waals surface area contributed by atoms with Gasteiger partial charge in [0.15, 0.2) is 5.78 Å². The second kappa shape index (κ2) is 6.42. The fourth-order valence-corrected chi connectivity index (χ4v) is 2.33. The molecule has 0 aliphatic carbocycles. The molecule has 0 fully saturated rings. The molecule has 20 heavy (non-hydrogen) atoms. The van der Waals surface area contributed by atoms with E-state index in [0.717, 1.165) is 5.56 Å². The zero-order chi connectivity index (χ0) is 14.5. The van der Waals surface area contributed by atoms with Crippen LogP contribution < -0.4 is 0 Å². The Labute approximate surface area is 117 Å². The average Bonchev–Trinajstić information content (AvgIpc) is 2.46. The molecule has 104 valence electrons. The van der Waals surface area contributed by atoms with Crippen LogP contribution in [0, 0.1) is 6.92 Å². The fourth-order valence-electron chi connectivity index (χ4n) is 2.33. The third-order valence-corrected chi connectivity index (χ3v) is 3.35. The summed E-state index contributed by atoms with van der Waals surface area (Å²) in [7, 11) is 0. The summed E-state index contributed by atoms with van der Waals surface area (Å²) < 4.78 is 25.7. The van der Waals surface area contributed by atoms with Crippen molar-refractivity contribution in [1.82, 2.24) is 0 Å². The molecule has 0 spiro atoms. The van der Waals surface area contributed by atoms with E-state index in [0.29, 0.717) is 11.1 Å². The molecule has 1 nitrogen and oxygen atoms in total. The second-order valence-electron chi connectivity index (χ2n) is 4.77. The largest absolute Gasteiger partial charge is 0.293 e. The standard InChI is InChI=1S/C17H16F2O/c1-12-7-5-6-10-14(12)15(11-16(18)19)17(20)13-8-3-2-4-9-13/h2-10,15-16H,11H2,1H3. The first-order valence-electron chi connectivity index (χ1n) is 6.52. The summed E-state index contributed by atoms with van der Waals surface area (Å²) in [5, 5.41) is 0. The number of aryl methyl sites for hydroxylation is 1. The Balaban J connectivity index is 2.38. The lowest BCUT2D eigenvalue weighted by Gasteiger charge is -2.18. The van der Waals surface area contributed by atoms with Gasteiger partial charge in [-0.1, -0.05) is 54.6 Å². The van der Waals surface area contributed by atoms with E-state index < -0.39 is 18.8 Å². The van der Waals surface area contributed by atoms with Gasteiger partial charge in [-0.05, 0) is 18.1 Å². The zero-order valence-corrected chi connectivity index (χ0v) is 11.2. The number of halogens is 2. The van der Waals surface area contributed by atoms with Gasteiger partial charge in [0.05, 0.1) is 5.92 Å². The number of ketones is 1. The molecule has 0 aromatic heterocycles. The summed E-state index contributed by atoms with van der Waals surface area (Å²) in [5.41, 5.74) is 2.02. The number of rotatable bonds is 5. The highest BCUT2D eigenvalue weighted by Crippen LogP contribution is 2.29. The number of hydrogen-bond donors (Lipinski definition) is 0. The van der Waals surface area contributed by atoms with E-state index in [1.54, 1.807) is 42.5 Å². The van der Waals surface area contributed by atoms with E-state index in [9.17, 15) is 13.6 Å². The van der Waals surface area contributed by atoms with Crippen molar-refractivity contribution in [3.63, 3.8) is 0 Å². The van der Waals surface area contributed by atoms with Gasteiger partial charge in [-0.15, -0.1) is 0 Å². The number of carbonyl (C=O) groups excluding carboxylic acids is 1. The van der Waals surface area contributed by atoms with Gasteiger partial charge in [-0.3, -0.25) is 4.79 Å². The van der Waals surface area contributed by atoms with Crippen LogP contribution in [-0.2, 0) is 0 Å². The van der Waals surface area contributed by atoms with E-state index in [2.05, 4.69) is 0 Å². The van der Waals surface area contributed by atoms with Crippen LogP contribution in [0.3, 0.4) is 0 Å². The summed E-state index contributed by atoms with van der Waals surface area (Å²) in [6, 6.07) is 15.8. The van der Waals surface area contributed by atoms with Crippen LogP contribution in [0.15, 0.2) is 54.6 Å². The highest BCUT2D eigenvalue weighted by atomic mass is 19.3. The fraction of sp³-hybridized carbons (Fsp3) is 0.235. The van der Waals surface area contributed by atoms with E-state index in [-0.39, 0.29) is 5.78 Å². The van der Waals surface area contributed by atoms with Crippen molar-refractivity contribution in [2.24, 2.45) is 0 Å². The van der Waals surface area contributed by atoms with Crippen LogP contribution in [0.4, 0.5) is 8.78 Å². The summed E-state index contributed by atoms with van der Waals surface area (Å²) in [5.74, 6) is -1.04. The van der Waals surface area contributed by atoms with Crippen LogP contribution >= 0.6 is 0 Å². The highest BCUT2D eigenvalue weighted by molar-refractivity contribution is 6.01.